The van der Waals surface area contributed by atoms with E-state index < -0.39 is 5.69 Å². The van der Waals surface area contributed by atoms with E-state index in [2.05, 4.69) is 25.9 Å². The number of halogens is 1. The van der Waals surface area contributed by atoms with Crippen molar-refractivity contribution in [2.45, 2.75) is 19.4 Å². The van der Waals surface area contributed by atoms with E-state index in [1.807, 2.05) is 0 Å². The van der Waals surface area contributed by atoms with Gasteiger partial charge in [-0.15, -0.1) is 0 Å². The molecule has 0 unspecified atom stereocenters. The molecule has 1 N–H and O–H groups in total. The Morgan fingerprint density at radius 2 is 2.18 bits per heavy atom. The van der Waals surface area contributed by atoms with E-state index >= 15 is 0 Å². The van der Waals surface area contributed by atoms with E-state index in [1.165, 1.54) is 7.05 Å². The summed E-state index contributed by atoms with van der Waals surface area (Å²) in [6.45, 7) is 0.726. The smallest absolute Gasteiger partial charge is 0.325 e. The number of aromatic nitrogens is 4. The number of aromatic amines is 1. The van der Waals surface area contributed by atoms with Gasteiger partial charge in [-0.1, -0.05) is 15.9 Å². The quantitative estimate of drug-likeness (QED) is 0.664. The van der Waals surface area contributed by atoms with Crippen molar-refractivity contribution in [3.05, 3.63) is 27.2 Å². The lowest BCUT2D eigenvalue weighted by atomic mass is 10.3. The van der Waals surface area contributed by atoms with E-state index in [9.17, 15) is 9.59 Å². The van der Waals surface area contributed by atoms with Gasteiger partial charge in [0.1, 0.15) is 0 Å². The van der Waals surface area contributed by atoms with Crippen LogP contribution in [0.3, 0.4) is 0 Å². The number of unbranched alkanes of at least 4 members (excludes halogenated alkanes) is 1. The molecule has 2 rings (SSSR count). The summed E-state index contributed by atoms with van der Waals surface area (Å²) in [5.74, 6) is 0. The number of hydrogen-bond acceptors (Lipinski definition) is 3. The molecule has 0 aliphatic heterocycles. The molecule has 0 bridgehead atoms. The molecule has 0 saturated heterocycles. The third-order valence-electron chi connectivity index (χ3n) is 2.66. The van der Waals surface area contributed by atoms with Crippen LogP contribution in [-0.4, -0.2) is 24.4 Å². The summed E-state index contributed by atoms with van der Waals surface area (Å²) in [4.78, 5) is 29.9. The highest BCUT2D eigenvalue weighted by molar-refractivity contribution is 9.09. The van der Waals surface area contributed by atoms with Crippen molar-refractivity contribution >= 4 is 27.1 Å². The summed E-state index contributed by atoms with van der Waals surface area (Å²) in [6.07, 6.45) is 3.58. The normalized spacial score (nSPS) is 11.2. The second kappa shape index (κ2) is 4.87. The topological polar surface area (TPSA) is 72.7 Å². The Bertz CT molecular complexity index is 640. The number of H-pyrrole nitrogens is 1. The zero-order valence-electron chi connectivity index (χ0n) is 9.44. The first-order chi connectivity index (χ1) is 8.15. The number of nitrogens with zero attached hydrogens (tertiary/aromatic N) is 3. The van der Waals surface area contributed by atoms with Gasteiger partial charge in [0.2, 0.25) is 0 Å². The first kappa shape index (κ1) is 12.1. The minimum Gasteiger partial charge on any atom is -0.325 e. The van der Waals surface area contributed by atoms with Crippen LogP contribution in [0.1, 0.15) is 12.8 Å². The second-order valence-electron chi connectivity index (χ2n) is 3.83. The zero-order valence-corrected chi connectivity index (χ0v) is 11.0. The van der Waals surface area contributed by atoms with Crippen molar-refractivity contribution in [1.29, 1.82) is 0 Å². The van der Waals surface area contributed by atoms with E-state index in [0.717, 1.165) is 29.3 Å². The number of hydrogen-bond donors (Lipinski definition) is 1. The molecule has 0 amide bonds. The number of nitrogens with one attached hydrogen (secondary N) is 1. The van der Waals surface area contributed by atoms with Crippen molar-refractivity contribution in [2.75, 3.05) is 5.33 Å². The summed E-state index contributed by atoms with van der Waals surface area (Å²) in [5, 5.41) is 0.939. The molecule has 2 aromatic rings. The Labute approximate surface area is 105 Å². The maximum Gasteiger partial charge on any atom is 0.329 e. The molecular formula is C10H13BrN4O2. The van der Waals surface area contributed by atoms with Gasteiger partial charge in [-0.3, -0.25) is 14.3 Å². The van der Waals surface area contributed by atoms with Gasteiger partial charge in [0, 0.05) is 18.9 Å². The zero-order chi connectivity index (χ0) is 12.4. The predicted molar refractivity (Wildman–Crippen MR) is 68.6 cm³/mol. The van der Waals surface area contributed by atoms with Crippen LogP contribution < -0.4 is 11.2 Å². The van der Waals surface area contributed by atoms with Crippen LogP contribution >= 0.6 is 15.9 Å². The lowest BCUT2D eigenvalue weighted by Gasteiger charge is -2.03. The van der Waals surface area contributed by atoms with Gasteiger partial charge in [-0.05, 0) is 12.8 Å². The number of aryl methyl sites for hydroxylation is 1. The minimum atomic E-state index is -0.437. The predicted octanol–water partition coefficient (Wildman–Crippen LogP) is 0.598. The van der Waals surface area contributed by atoms with Crippen LogP contribution in [0.2, 0.25) is 0 Å². The fourth-order valence-electron chi connectivity index (χ4n) is 1.68. The number of alkyl halides is 1. The molecule has 2 heterocycles. The number of imidazole rings is 1. The van der Waals surface area contributed by atoms with Gasteiger partial charge >= 0.3 is 5.69 Å². The maximum atomic E-state index is 11.9. The van der Waals surface area contributed by atoms with Crippen molar-refractivity contribution in [3.8, 4) is 0 Å². The lowest BCUT2D eigenvalue weighted by molar-refractivity contribution is 0.645. The third-order valence-corrected chi connectivity index (χ3v) is 3.22. The van der Waals surface area contributed by atoms with Gasteiger partial charge in [0.15, 0.2) is 11.2 Å². The van der Waals surface area contributed by atoms with Crippen LogP contribution in [0.5, 0.6) is 0 Å². The lowest BCUT2D eigenvalue weighted by Crippen LogP contribution is -2.33. The van der Waals surface area contributed by atoms with Crippen molar-refractivity contribution < 1.29 is 0 Å². The standard InChI is InChI=1S/C10H13BrN4O2/c1-14-9(16)7-8(13-10(14)17)12-6-15(7)5-3-2-4-11/h6H,2-5H2,1H3,(H,13,17). The fraction of sp³-hybridized carbons (Fsp3) is 0.500. The average Bonchev–Trinajstić information content (AvgIpc) is 2.70. The molecule has 0 fully saturated rings. The molecule has 0 aliphatic carbocycles. The van der Waals surface area contributed by atoms with E-state index in [4.69, 9.17) is 0 Å². The van der Waals surface area contributed by atoms with Crippen LogP contribution in [-0.2, 0) is 13.6 Å². The summed E-state index contributed by atoms with van der Waals surface area (Å²) in [5.41, 5.74) is 0.0758. The maximum absolute atomic E-state index is 11.9. The molecule has 0 spiro atoms. The van der Waals surface area contributed by atoms with Crippen LogP contribution in [0.4, 0.5) is 0 Å². The molecule has 7 heteroatoms. The number of rotatable bonds is 4. The molecule has 0 aromatic carbocycles. The highest BCUT2D eigenvalue weighted by Crippen LogP contribution is 2.05. The van der Waals surface area contributed by atoms with Crippen molar-refractivity contribution in [3.63, 3.8) is 0 Å². The van der Waals surface area contributed by atoms with Gasteiger partial charge in [0.05, 0.1) is 6.33 Å². The molecule has 0 atom stereocenters. The average molecular weight is 301 g/mol. The summed E-state index contributed by atoms with van der Waals surface area (Å²) < 4.78 is 2.85. The largest absolute Gasteiger partial charge is 0.329 e. The fourth-order valence-corrected chi connectivity index (χ4v) is 2.08. The van der Waals surface area contributed by atoms with Gasteiger partial charge in [0.25, 0.3) is 5.56 Å². The van der Waals surface area contributed by atoms with E-state index in [1.54, 1.807) is 10.9 Å². The van der Waals surface area contributed by atoms with Crippen LogP contribution in [0.25, 0.3) is 11.2 Å². The molecule has 0 saturated carbocycles. The summed E-state index contributed by atoms with van der Waals surface area (Å²) >= 11 is 3.36. The Morgan fingerprint density at radius 1 is 1.41 bits per heavy atom. The van der Waals surface area contributed by atoms with Gasteiger partial charge in [-0.2, -0.15) is 0 Å². The summed E-state index contributed by atoms with van der Waals surface area (Å²) in [6, 6.07) is 0. The molecule has 6 nitrogen and oxygen atoms in total. The molecule has 2 aromatic heterocycles. The van der Waals surface area contributed by atoms with Crippen LogP contribution in [0.15, 0.2) is 15.9 Å². The van der Waals surface area contributed by atoms with Crippen molar-refractivity contribution in [1.82, 2.24) is 19.1 Å². The minimum absolute atomic E-state index is 0.305. The molecule has 17 heavy (non-hydrogen) atoms. The van der Waals surface area contributed by atoms with E-state index in [0.29, 0.717) is 11.2 Å². The molecule has 0 radical (unpaired) electrons. The molecular weight excluding hydrogens is 288 g/mol. The number of fused-ring (bicyclic) bond motifs is 1. The Kier molecular flexibility index (Phi) is 3.46. The second-order valence-corrected chi connectivity index (χ2v) is 4.62. The molecule has 0 aliphatic rings. The Morgan fingerprint density at radius 3 is 2.88 bits per heavy atom. The first-order valence-corrected chi connectivity index (χ1v) is 6.47. The van der Waals surface area contributed by atoms with Crippen molar-refractivity contribution in [2.24, 2.45) is 7.05 Å². The first-order valence-electron chi connectivity index (χ1n) is 5.35. The summed E-state index contributed by atoms with van der Waals surface area (Å²) in [7, 11) is 1.45. The third kappa shape index (κ3) is 2.19. The Balaban J connectivity index is 2.49. The highest BCUT2D eigenvalue weighted by Gasteiger charge is 2.10. The Hall–Kier alpha value is -1.37. The van der Waals surface area contributed by atoms with Crippen LogP contribution in [0, 0.1) is 0 Å². The van der Waals surface area contributed by atoms with Gasteiger partial charge in [-0.25, -0.2) is 9.78 Å². The molecule has 92 valence electrons. The monoisotopic (exact) mass is 300 g/mol. The highest BCUT2D eigenvalue weighted by atomic mass is 79.9. The van der Waals surface area contributed by atoms with E-state index in [-0.39, 0.29) is 5.56 Å². The SMILES string of the molecule is Cn1c(=O)[nH]c2ncn(CCCCBr)c2c1=O. The van der Waals surface area contributed by atoms with Gasteiger partial charge < -0.3 is 4.57 Å².